The van der Waals surface area contributed by atoms with E-state index in [0.29, 0.717) is 11.1 Å². The number of nitrogens with one attached hydrogen (secondary N) is 1. The van der Waals surface area contributed by atoms with Gasteiger partial charge in [0, 0.05) is 12.1 Å². The van der Waals surface area contributed by atoms with Crippen LogP contribution in [0.2, 0.25) is 0 Å². The van der Waals surface area contributed by atoms with Crippen LogP contribution in [0.5, 0.6) is 0 Å². The van der Waals surface area contributed by atoms with Gasteiger partial charge in [0.1, 0.15) is 0 Å². The van der Waals surface area contributed by atoms with Gasteiger partial charge >= 0.3 is 6.18 Å². The zero-order valence-electron chi connectivity index (χ0n) is 15.3. The summed E-state index contributed by atoms with van der Waals surface area (Å²) in [5.41, 5.74) is 0.190. The maximum Gasteiger partial charge on any atom is 0.416 e. The summed E-state index contributed by atoms with van der Waals surface area (Å²) in [4.78, 5) is 25.9. The molecule has 2 aromatic carbocycles. The van der Waals surface area contributed by atoms with E-state index in [9.17, 15) is 22.8 Å². The van der Waals surface area contributed by atoms with E-state index in [1.54, 1.807) is 30.3 Å². The molecule has 5 nitrogen and oxygen atoms in total. The number of alkyl halides is 3. The minimum Gasteiger partial charge on any atom is -0.395 e. The number of benzene rings is 2. The Balaban J connectivity index is 1.81. The van der Waals surface area contributed by atoms with Gasteiger partial charge in [0.2, 0.25) is 0 Å². The third-order valence-corrected chi connectivity index (χ3v) is 5.40. The second-order valence-electron chi connectivity index (χ2n) is 6.17. The van der Waals surface area contributed by atoms with Crippen LogP contribution in [0.1, 0.15) is 21.5 Å². The molecule has 1 saturated heterocycles. The molecule has 0 aliphatic carbocycles. The molecule has 30 heavy (non-hydrogen) atoms. The van der Waals surface area contributed by atoms with Crippen LogP contribution >= 0.6 is 24.0 Å². The smallest absolute Gasteiger partial charge is 0.395 e. The molecule has 2 amide bonds. The normalized spacial score (nSPS) is 15.7. The Morgan fingerprint density at radius 3 is 2.53 bits per heavy atom. The summed E-state index contributed by atoms with van der Waals surface area (Å²) in [6.45, 7) is -0.0316. The molecule has 2 N–H and O–H groups in total. The number of aliphatic hydroxyl groups is 1. The van der Waals surface area contributed by atoms with Crippen LogP contribution in [0, 0.1) is 0 Å². The van der Waals surface area contributed by atoms with Gasteiger partial charge in [-0.2, -0.15) is 13.2 Å². The topological polar surface area (TPSA) is 69.6 Å². The lowest BCUT2D eigenvalue weighted by Gasteiger charge is -2.16. The van der Waals surface area contributed by atoms with Gasteiger partial charge in [-0.1, -0.05) is 42.2 Å². The maximum absolute atomic E-state index is 13.0. The number of hydrogen-bond acceptors (Lipinski definition) is 5. The Morgan fingerprint density at radius 2 is 1.90 bits per heavy atom. The number of aliphatic hydroxyl groups excluding tert-OH is 1. The van der Waals surface area contributed by atoms with Crippen LogP contribution in [-0.4, -0.2) is 34.4 Å². The van der Waals surface area contributed by atoms with Crippen molar-refractivity contribution >= 4 is 51.9 Å². The second kappa shape index (κ2) is 8.99. The fraction of sp³-hybridized carbons (Fsp3) is 0.150. The Morgan fingerprint density at radius 1 is 1.20 bits per heavy atom. The molecule has 1 aliphatic heterocycles. The molecular weight excluding hydrogens is 437 g/mol. The molecule has 0 radical (unpaired) electrons. The summed E-state index contributed by atoms with van der Waals surface area (Å²) in [5, 5.41) is 11.3. The quantitative estimate of drug-likeness (QED) is 0.533. The van der Waals surface area contributed by atoms with Gasteiger partial charge < -0.3 is 10.4 Å². The van der Waals surface area contributed by atoms with Crippen molar-refractivity contribution in [2.24, 2.45) is 0 Å². The number of nitrogens with zero attached hydrogens (tertiary/aromatic N) is 1. The number of thiocarbonyl (C=S) groups is 1. The molecule has 10 heteroatoms. The highest BCUT2D eigenvalue weighted by atomic mass is 32.2. The number of amides is 2. The summed E-state index contributed by atoms with van der Waals surface area (Å²) in [6.07, 6.45) is -2.97. The van der Waals surface area contributed by atoms with E-state index >= 15 is 0 Å². The summed E-state index contributed by atoms with van der Waals surface area (Å²) in [7, 11) is 0. The highest BCUT2D eigenvalue weighted by Gasteiger charge is 2.36. The number of hydrogen-bond donors (Lipinski definition) is 2. The first kappa shape index (κ1) is 22.0. The van der Waals surface area contributed by atoms with Gasteiger partial charge in [-0.05, 0) is 42.0 Å². The Bertz CT molecular complexity index is 1020. The molecule has 0 atom stereocenters. The molecule has 0 aromatic heterocycles. The molecule has 0 spiro atoms. The van der Waals surface area contributed by atoms with Gasteiger partial charge in [-0.15, -0.1) is 0 Å². The van der Waals surface area contributed by atoms with Crippen molar-refractivity contribution in [1.29, 1.82) is 0 Å². The molecule has 0 unspecified atom stereocenters. The molecule has 1 aliphatic rings. The van der Waals surface area contributed by atoms with E-state index < -0.39 is 17.6 Å². The number of anilines is 1. The van der Waals surface area contributed by atoms with E-state index in [4.69, 9.17) is 17.3 Å². The zero-order chi connectivity index (χ0) is 21.9. The van der Waals surface area contributed by atoms with Crippen LogP contribution in [-0.2, 0) is 11.0 Å². The predicted molar refractivity (Wildman–Crippen MR) is 113 cm³/mol. The van der Waals surface area contributed by atoms with Gasteiger partial charge in [-0.25, -0.2) is 0 Å². The average molecular weight is 452 g/mol. The SMILES string of the molecule is O=C(NCCO)c1ccc(/C=C2\SC(=S)N(c3cccc(C(F)(F)F)c3)C2=O)cc1. The fourth-order valence-corrected chi connectivity index (χ4v) is 3.96. The van der Waals surface area contributed by atoms with Gasteiger partial charge in [-0.3, -0.25) is 14.5 Å². The van der Waals surface area contributed by atoms with Crippen molar-refractivity contribution < 1.29 is 27.9 Å². The van der Waals surface area contributed by atoms with E-state index in [0.717, 1.165) is 28.8 Å². The number of thioether (sulfide) groups is 1. The van der Waals surface area contributed by atoms with E-state index in [1.807, 2.05) is 0 Å². The van der Waals surface area contributed by atoms with Crippen molar-refractivity contribution in [3.05, 3.63) is 70.1 Å². The zero-order valence-corrected chi connectivity index (χ0v) is 16.9. The highest BCUT2D eigenvalue weighted by Crippen LogP contribution is 2.38. The number of rotatable bonds is 5. The number of carbonyl (C=O) groups excluding carboxylic acids is 2. The molecule has 0 bridgehead atoms. The lowest BCUT2D eigenvalue weighted by molar-refractivity contribution is -0.137. The van der Waals surface area contributed by atoms with Crippen molar-refractivity contribution in [2.45, 2.75) is 6.18 Å². The Hall–Kier alpha value is -2.69. The molecule has 2 aromatic rings. The van der Waals surface area contributed by atoms with Crippen LogP contribution in [0.4, 0.5) is 18.9 Å². The first-order valence-corrected chi connectivity index (χ1v) is 9.87. The summed E-state index contributed by atoms with van der Waals surface area (Å²) in [5.74, 6) is -0.861. The number of halogens is 3. The molecule has 1 heterocycles. The van der Waals surface area contributed by atoms with Crippen molar-refractivity contribution in [2.75, 3.05) is 18.1 Å². The minimum atomic E-state index is -4.53. The molecule has 1 fully saturated rings. The second-order valence-corrected chi connectivity index (χ2v) is 7.84. The van der Waals surface area contributed by atoms with Gasteiger partial charge in [0.15, 0.2) is 4.32 Å². The molecular formula is C20H15F3N2O3S2. The van der Waals surface area contributed by atoms with Gasteiger partial charge in [0.25, 0.3) is 11.8 Å². The largest absolute Gasteiger partial charge is 0.416 e. The Labute approximate surface area is 179 Å². The number of carbonyl (C=O) groups is 2. The van der Waals surface area contributed by atoms with E-state index in [-0.39, 0.29) is 34.0 Å². The molecule has 156 valence electrons. The lowest BCUT2D eigenvalue weighted by Crippen LogP contribution is -2.27. The van der Waals surface area contributed by atoms with E-state index in [2.05, 4.69) is 5.32 Å². The monoisotopic (exact) mass is 452 g/mol. The van der Waals surface area contributed by atoms with Crippen LogP contribution in [0.15, 0.2) is 53.4 Å². The predicted octanol–water partition coefficient (Wildman–Crippen LogP) is 3.83. The molecule has 0 saturated carbocycles. The maximum atomic E-state index is 13.0. The first-order valence-electron chi connectivity index (χ1n) is 8.65. The minimum absolute atomic E-state index is 0.0478. The summed E-state index contributed by atoms with van der Waals surface area (Å²) < 4.78 is 39.1. The van der Waals surface area contributed by atoms with Crippen LogP contribution < -0.4 is 10.2 Å². The third-order valence-electron chi connectivity index (χ3n) is 4.09. The van der Waals surface area contributed by atoms with E-state index in [1.165, 1.54) is 12.1 Å². The van der Waals surface area contributed by atoms with Crippen molar-refractivity contribution in [3.63, 3.8) is 0 Å². The van der Waals surface area contributed by atoms with Gasteiger partial charge in [0.05, 0.1) is 22.8 Å². The standard InChI is InChI=1S/C20H15F3N2O3S2/c21-20(22,23)14-2-1-3-15(11-14)25-18(28)16(30-19(25)29)10-12-4-6-13(7-5-12)17(27)24-8-9-26/h1-7,10-11,26H,8-9H2,(H,24,27)/b16-10-. The Kier molecular flexibility index (Phi) is 6.59. The molecule has 3 rings (SSSR count). The first-order chi connectivity index (χ1) is 14.2. The lowest BCUT2D eigenvalue weighted by atomic mass is 10.1. The van der Waals surface area contributed by atoms with Crippen LogP contribution in [0.3, 0.4) is 0 Å². The third kappa shape index (κ3) is 4.89. The summed E-state index contributed by atoms with van der Waals surface area (Å²) >= 11 is 6.18. The highest BCUT2D eigenvalue weighted by molar-refractivity contribution is 8.27. The van der Waals surface area contributed by atoms with Crippen LogP contribution in [0.25, 0.3) is 6.08 Å². The fourth-order valence-electron chi connectivity index (χ4n) is 2.67. The van der Waals surface area contributed by atoms with Crippen molar-refractivity contribution in [3.8, 4) is 0 Å². The van der Waals surface area contributed by atoms with Crippen molar-refractivity contribution in [1.82, 2.24) is 5.32 Å². The average Bonchev–Trinajstić information content (AvgIpc) is 2.99. The summed E-state index contributed by atoms with van der Waals surface area (Å²) in [6, 6.07) is 10.8.